The van der Waals surface area contributed by atoms with Crippen molar-refractivity contribution >= 4 is 32.5 Å². The van der Waals surface area contributed by atoms with Crippen LogP contribution in [0.5, 0.6) is 0 Å². The summed E-state index contributed by atoms with van der Waals surface area (Å²) < 4.78 is 27.4. The number of guanidine groups is 1. The maximum Gasteiger partial charge on any atom is 0.264 e. The number of aromatic nitrogens is 1. The first-order chi connectivity index (χ1) is 15.0. The van der Waals surface area contributed by atoms with Crippen LogP contribution in [0.15, 0.2) is 70.8 Å². The molecule has 1 fully saturated rings. The standard InChI is InChI=1S/C23H22N4O3S/c28-22(12-15-1-2-18-14-24-8-7-17(18)11-15)21-13-20(21)16-3-5-19(6-4-16)31(29,30)27-23-25-9-10-26-23/h1-8,11,14,20-21H,9-10,12-13H2,(H2,25,26,27)/t20-,21+/m0/s1. The first-order valence-electron chi connectivity index (χ1n) is 10.3. The van der Waals surface area contributed by atoms with Crippen LogP contribution in [0.1, 0.15) is 23.5 Å². The predicted molar refractivity (Wildman–Crippen MR) is 118 cm³/mol. The molecule has 3 aromatic rings. The molecule has 8 heteroatoms. The topological polar surface area (TPSA) is 101 Å². The number of fused-ring (bicyclic) bond motifs is 1. The molecule has 2 N–H and O–H groups in total. The lowest BCUT2D eigenvalue weighted by atomic mass is 10.0. The van der Waals surface area contributed by atoms with E-state index in [1.807, 2.05) is 30.5 Å². The first kappa shape index (κ1) is 19.7. The van der Waals surface area contributed by atoms with E-state index in [4.69, 9.17) is 0 Å². The van der Waals surface area contributed by atoms with E-state index in [-0.39, 0.29) is 28.5 Å². The second-order valence-electron chi connectivity index (χ2n) is 7.98. The minimum Gasteiger partial charge on any atom is -0.354 e. The van der Waals surface area contributed by atoms with Gasteiger partial charge < -0.3 is 5.32 Å². The number of carbonyl (C=O) groups is 1. The fourth-order valence-corrected chi connectivity index (χ4v) is 5.04. The number of rotatable bonds is 6. The van der Waals surface area contributed by atoms with Gasteiger partial charge in [-0.25, -0.2) is 13.1 Å². The summed E-state index contributed by atoms with van der Waals surface area (Å²) in [5.41, 5.74) is 2.00. The third-order valence-electron chi connectivity index (χ3n) is 5.81. The van der Waals surface area contributed by atoms with E-state index in [1.54, 1.807) is 30.5 Å². The van der Waals surface area contributed by atoms with Gasteiger partial charge in [-0.15, -0.1) is 0 Å². The Morgan fingerprint density at radius 3 is 2.71 bits per heavy atom. The van der Waals surface area contributed by atoms with E-state index in [0.717, 1.165) is 28.3 Å². The summed E-state index contributed by atoms with van der Waals surface area (Å²) >= 11 is 0. The van der Waals surface area contributed by atoms with E-state index in [1.165, 1.54) is 0 Å². The highest BCUT2D eigenvalue weighted by Gasteiger charge is 2.43. The molecule has 158 valence electrons. The summed E-state index contributed by atoms with van der Waals surface area (Å²) in [5, 5.41) is 5.03. The molecule has 5 rings (SSSR count). The van der Waals surface area contributed by atoms with Crippen molar-refractivity contribution in [1.29, 1.82) is 0 Å². The highest BCUT2D eigenvalue weighted by atomic mass is 32.2. The number of pyridine rings is 1. The Morgan fingerprint density at radius 2 is 1.94 bits per heavy atom. The average Bonchev–Trinajstić information content (AvgIpc) is 3.43. The Hall–Kier alpha value is -3.26. The van der Waals surface area contributed by atoms with Crippen molar-refractivity contribution in [1.82, 2.24) is 15.0 Å². The van der Waals surface area contributed by atoms with Gasteiger partial charge in [0.1, 0.15) is 5.78 Å². The molecule has 1 aromatic heterocycles. The van der Waals surface area contributed by atoms with Gasteiger partial charge in [0, 0.05) is 36.7 Å². The number of benzene rings is 2. The number of sulfonamides is 1. The van der Waals surface area contributed by atoms with Crippen LogP contribution < -0.4 is 10.0 Å². The van der Waals surface area contributed by atoms with E-state index >= 15 is 0 Å². The summed E-state index contributed by atoms with van der Waals surface area (Å²) in [6, 6.07) is 14.8. The predicted octanol–water partition coefficient (Wildman–Crippen LogP) is 2.39. The van der Waals surface area contributed by atoms with Crippen LogP contribution in [0.3, 0.4) is 0 Å². The Morgan fingerprint density at radius 1 is 1.10 bits per heavy atom. The highest BCUT2D eigenvalue weighted by Crippen LogP contribution is 2.48. The Bertz CT molecular complexity index is 1290. The molecule has 1 saturated carbocycles. The summed E-state index contributed by atoms with van der Waals surface area (Å²) in [5.74, 6) is 0.650. The third-order valence-corrected chi connectivity index (χ3v) is 7.17. The fraction of sp³-hybridized carbons (Fsp3) is 0.261. The van der Waals surface area contributed by atoms with Crippen LogP contribution in [-0.2, 0) is 21.2 Å². The van der Waals surface area contributed by atoms with Gasteiger partial charge in [-0.2, -0.15) is 0 Å². The molecular formula is C23H22N4O3S. The number of aliphatic imine (C=N–C) groups is 1. The molecule has 0 unspecified atom stereocenters. The van der Waals surface area contributed by atoms with Gasteiger partial charge in [0.2, 0.25) is 5.96 Å². The van der Waals surface area contributed by atoms with E-state index in [2.05, 4.69) is 20.0 Å². The summed E-state index contributed by atoms with van der Waals surface area (Å²) in [4.78, 5) is 21.1. The average molecular weight is 435 g/mol. The lowest BCUT2D eigenvalue weighted by Gasteiger charge is -2.09. The zero-order valence-corrected chi connectivity index (χ0v) is 17.6. The Labute approximate surface area is 180 Å². The van der Waals surface area contributed by atoms with Crippen molar-refractivity contribution in [2.75, 3.05) is 13.1 Å². The van der Waals surface area contributed by atoms with Crippen LogP contribution in [0.2, 0.25) is 0 Å². The maximum atomic E-state index is 12.8. The molecule has 0 amide bonds. The molecule has 31 heavy (non-hydrogen) atoms. The van der Waals surface area contributed by atoms with Crippen molar-refractivity contribution < 1.29 is 13.2 Å². The van der Waals surface area contributed by atoms with Crippen molar-refractivity contribution in [2.24, 2.45) is 10.9 Å². The molecule has 2 aromatic carbocycles. The van der Waals surface area contributed by atoms with Gasteiger partial charge in [-0.1, -0.05) is 30.3 Å². The van der Waals surface area contributed by atoms with Crippen molar-refractivity contribution in [3.05, 3.63) is 72.1 Å². The van der Waals surface area contributed by atoms with Crippen molar-refractivity contribution in [3.8, 4) is 0 Å². The van der Waals surface area contributed by atoms with Gasteiger partial charge in [0.05, 0.1) is 11.4 Å². The molecule has 7 nitrogen and oxygen atoms in total. The molecule has 0 saturated heterocycles. The zero-order chi connectivity index (χ0) is 21.4. The van der Waals surface area contributed by atoms with Crippen molar-refractivity contribution in [3.63, 3.8) is 0 Å². The van der Waals surface area contributed by atoms with Gasteiger partial charge in [0.25, 0.3) is 10.0 Å². The molecule has 1 aliphatic carbocycles. The summed E-state index contributed by atoms with van der Waals surface area (Å²) in [6.07, 6.45) is 4.78. The van der Waals surface area contributed by atoms with E-state index < -0.39 is 10.0 Å². The monoisotopic (exact) mass is 434 g/mol. The van der Waals surface area contributed by atoms with Crippen LogP contribution in [0.25, 0.3) is 10.8 Å². The molecule has 2 heterocycles. The largest absolute Gasteiger partial charge is 0.354 e. The maximum absolute atomic E-state index is 12.8. The summed E-state index contributed by atoms with van der Waals surface area (Å²) in [6.45, 7) is 1.19. The van der Waals surface area contributed by atoms with Gasteiger partial charge in [0.15, 0.2) is 0 Å². The first-order valence-corrected chi connectivity index (χ1v) is 11.7. The molecule has 0 radical (unpaired) electrons. The Kier molecular flexibility index (Phi) is 4.94. The SMILES string of the molecule is O=C(Cc1ccc2cnccc2c1)[C@@H]1C[C@H]1c1ccc(S(=O)(=O)NC2=NCCN2)cc1. The number of carbonyl (C=O) groups excluding carboxylic acids is 1. The minimum absolute atomic E-state index is 0.00855. The number of Topliss-reactive ketones (excluding diaryl/α,β-unsaturated/α-hetero) is 1. The number of hydrogen-bond acceptors (Lipinski definition) is 6. The molecule has 0 spiro atoms. The number of nitrogens with one attached hydrogen (secondary N) is 2. The van der Waals surface area contributed by atoms with E-state index in [9.17, 15) is 13.2 Å². The van der Waals surface area contributed by atoms with Crippen LogP contribution in [0, 0.1) is 5.92 Å². The smallest absolute Gasteiger partial charge is 0.264 e. The second kappa shape index (κ2) is 7.77. The summed E-state index contributed by atoms with van der Waals surface area (Å²) in [7, 11) is -3.67. The number of hydrogen-bond donors (Lipinski definition) is 2. The second-order valence-corrected chi connectivity index (χ2v) is 9.66. The van der Waals surface area contributed by atoms with Gasteiger partial charge >= 0.3 is 0 Å². The molecule has 1 aliphatic heterocycles. The quantitative estimate of drug-likeness (QED) is 0.620. The molecule has 2 atom stereocenters. The highest BCUT2D eigenvalue weighted by molar-refractivity contribution is 7.90. The third kappa shape index (κ3) is 4.16. The minimum atomic E-state index is -3.67. The van der Waals surface area contributed by atoms with Gasteiger partial charge in [-0.05, 0) is 47.1 Å². The molecular weight excluding hydrogens is 412 g/mol. The zero-order valence-electron chi connectivity index (χ0n) is 16.8. The number of nitrogens with zero attached hydrogens (tertiary/aromatic N) is 2. The Balaban J connectivity index is 1.23. The normalized spacial score (nSPS) is 20.2. The van der Waals surface area contributed by atoms with E-state index in [0.29, 0.717) is 19.5 Å². The van der Waals surface area contributed by atoms with Crippen LogP contribution in [0.4, 0.5) is 0 Å². The fourth-order valence-electron chi connectivity index (χ4n) is 4.04. The van der Waals surface area contributed by atoms with Crippen molar-refractivity contribution in [2.45, 2.75) is 23.7 Å². The lowest BCUT2D eigenvalue weighted by molar-refractivity contribution is -0.119. The van der Waals surface area contributed by atoms with Crippen LogP contribution >= 0.6 is 0 Å². The molecule has 2 aliphatic rings. The van der Waals surface area contributed by atoms with Gasteiger partial charge in [-0.3, -0.25) is 14.8 Å². The number of ketones is 1. The molecule has 0 bridgehead atoms. The lowest BCUT2D eigenvalue weighted by Crippen LogP contribution is -2.38. The van der Waals surface area contributed by atoms with Crippen LogP contribution in [-0.4, -0.2) is 38.2 Å².